The zero-order valence-corrected chi connectivity index (χ0v) is 15.2. The van der Waals surface area contributed by atoms with Crippen LogP contribution in [-0.4, -0.2) is 41.1 Å². The van der Waals surface area contributed by atoms with Gasteiger partial charge in [0, 0.05) is 36.3 Å². The second kappa shape index (κ2) is 7.61. The molecule has 0 radical (unpaired) electrons. The number of nitriles is 1. The summed E-state index contributed by atoms with van der Waals surface area (Å²) in [6.07, 6.45) is 8.12. The first-order valence-corrected chi connectivity index (χ1v) is 9.47. The van der Waals surface area contributed by atoms with Gasteiger partial charge in [0.1, 0.15) is 11.9 Å². The van der Waals surface area contributed by atoms with Crippen LogP contribution in [0.3, 0.4) is 0 Å². The Balaban J connectivity index is 1.75. The topological polar surface area (TPSA) is 111 Å². The van der Waals surface area contributed by atoms with Gasteiger partial charge in [-0.1, -0.05) is 0 Å². The van der Waals surface area contributed by atoms with Crippen LogP contribution in [-0.2, 0) is 6.42 Å². The minimum Gasteiger partial charge on any atom is -0.361 e. The highest BCUT2D eigenvalue weighted by Crippen LogP contribution is 2.35. The third kappa shape index (κ3) is 3.39. The second-order valence-corrected chi connectivity index (χ2v) is 7.20. The smallest absolute Gasteiger partial charge is 0.182 e. The number of nitrogens with two attached hydrogens (primary N) is 1. The predicted molar refractivity (Wildman–Crippen MR) is 103 cm³/mol. The third-order valence-corrected chi connectivity index (χ3v) is 5.56. The number of aryl methyl sites for hydroxylation is 1. The average molecular weight is 364 g/mol. The molecule has 0 aliphatic carbocycles. The van der Waals surface area contributed by atoms with Gasteiger partial charge in [-0.3, -0.25) is 10.7 Å². The Labute approximate surface area is 158 Å². The number of anilines is 1. The maximum atomic E-state index is 9.87. The Morgan fingerprint density at radius 3 is 2.85 bits per heavy atom. The molecule has 0 bridgehead atoms. The van der Waals surface area contributed by atoms with Gasteiger partial charge in [0.05, 0.1) is 5.56 Å². The molecule has 140 valence electrons. The molecule has 2 aliphatic heterocycles. The molecule has 0 spiro atoms. The van der Waals surface area contributed by atoms with Crippen molar-refractivity contribution >= 4 is 5.82 Å². The van der Waals surface area contributed by atoms with Crippen molar-refractivity contribution in [3.8, 4) is 17.2 Å². The fraction of sp³-hybridized carbons (Fsp3) is 0.450. The summed E-state index contributed by atoms with van der Waals surface area (Å²) >= 11 is 0. The molecular weight excluding hydrogens is 340 g/mol. The highest BCUT2D eigenvalue weighted by Gasteiger charge is 2.24. The average Bonchev–Trinajstić information content (AvgIpc) is 2.72. The number of hydrogen-bond donors (Lipinski definition) is 3. The second-order valence-electron chi connectivity index (χ2n) is 7.20. The largest absolute Gasteiger partial charge is 0.361 e. The number of nitrogens with one attached hydrogen (secondary N) is 1. The van der Waals surface area contributed by atoms with Gasteiger partial charge in [-0.2, -0.15) is 5.26 Å². The standard InChI is InChI=1S/C20H24N6O/c21-9-16-17(13-3-5-23-6-4-13)11-24-12-18(16)15-8-14-2-1-7-26(20(22)27)19(14)25-10-15/h8,10-13,20,23,27H,1-7,22H2. The van der Waals surface area contributed by atoms with E-state index in [1.54, 1.807) is 17.3 Å². The van der Waals surface area contributed by atoms with E-state index < -0.39 is 6.35 Å². The lowest BCUT2D eigenvalue weighted by Gasteiger charge is -2.32. The molecule has 1 unspecified atom stereocenters. The summed E-state index contributed by atoms with van der Waals surface area (Å²) in [5.74, 6) is 1.09. The van der Waals surface area contributed by atoms with Gasteiger partial charge in [-0.15, -0.1) is 0 Å². The number of nitrogens with zero attached hydrogens (tertiary/aromatic N) is 4. The lowest BCUT2D eigenvalue weighted by atomic mass is 9.86. The van der Waals surface area contributed by atoms with Gasteiger partial charge >= 0.3 is 0 Å². The number of rotatable bonds is 3. The summed E-state index contributed by atoms with van der Waals surface area (Å²) in [5, 5.41) is 23.0. The molecule has 2 aliphatic rings. The van der Waals surface area contributed by atoms with Crippen molar-refractivity contribution in [1.82, 2.24) is 15.3 Å². The zero-order chi connectivity index (χ0) is 18.8. The molecule has 4 N–H and O–H groups in total. The molecule has 7 heteroatoms. The molecule has 4 heterocycles. The van der Waals surface area contributed by atoms with E-state index in [1.807, 2.05) is 6.20 Å². The van der Waals surface area contributed by atoms with Crippen LogP contribution in [0, 0.1) is 11.3 Å². The van der Waals surface area contributed by atoms with Crippen LogP contribution in [0.2, 0.25) is 0 Å². The summed E-state index contributed by atoms with van der Waals surface area (Å²) in [6, 6.07) is 4.46. The van der Waals surface area contributed by atoms with Gasteiger partial charge in [0.2, 0.25) is 0 Å². The summed E-state index contributed by atoms with van der Waals surface area (Å²) < 4.78 is 0. The van der Waals surface area contributed by atoms with Crippen LogP contribution in [0.4, 0.5) is 5.82 Å². The molecule has 1 saturated heterocycles. The van der Waals surface area contributed by atoms with Crippen molar-refractivity contribution in [1.29, 1.82) is 5.26 Å². The SMILES string of the molecule is N#Cc1c(-c2cnc3c(c2)CCCN3C(N)O)cncc1C1CCNCC1. The van der Waals surface area contributed by atoms with E-state index in [2.05, 4.69) is 27.4 Å². The van der Waals surface area contributed by atoms with E-state index in [0.717, 1.165) is 66.8 Å². The van der Waals surface area contributed by atoms with Gasteiger partial charge < -0.3 is 15.3 Å². The maximum Gasteiger partial charge on any atom is 0.182 e. The first kappa shape index (κ1) is 17.9. The lowest BCUT2D eigenvalue weighted by molar-refractivity contribution is 0.173. The number of fused-ring (bicyclic) bond motifs is 1. The quantitative estimate of drug-likeness (QED) is 0.707. The zero-order valence-electron chi connectivity index (χ0n) is 15.2. The number of hydrogen-bond acceptors (Lipinski definition) is 7. The molecular formula is C20H24N6O. The first-order chi connectivity index (χ1) is 13.2. The molecule has 1 atom stereocenters. The van der Waals surface area contributed by atoms with E-state index in [9.17, 15) is 10.4 Å². The van der Waals surface area contributed by atoms with Crippen molar-refractivity contribution in [2.24, 2.45) is 5.73 Å². The highest BCUT2D eigenvalue weighted by atomic mass is 16.3. The predicted octanol–water partition coefficient (Wildman–Crippen LogP) is 1.47. The van der Waals surface area contributed by atoms with Crippen LogP contribution in [0.15, 0.2) is 24.7 Å². The first-order valence-electron chi connectivity index (χ1n) is 9.47. The van der Waals surface area contributed by atoms with Gasteiger partial charge in [-0.25, -0.2) is 4.98 Å². The van der Waals surface area contributed by atoms with Crippen molar-refractivity contribution < 1.29 is 5.11 Å². The van der Waals surface area contributed by atoms with Gasteiger partial charge in [0.15, 0.2) is 6.35 Å². The Morgan fingerprint density at radius 1 is 1.30 bits per heavy atom. The molecule has 1 fully saturated rings. The van der Waals surface area contributed by atoms with E-state index in [0.29, 0.717) is 18.0 Å². The number of aromatic nitrogens is 2. The van der Waals surface area contributed by atoms with E-state index in [4.69, 9.17) is 5.73 Å². The van der Waals surface area contributed by atoms with Gasteiger partial charge in [-0.05, 0) is 61.9 Å². The lowest BCUT2D eigenvalue weighted by Crippen LogP contribution is -2.45. The Kier molecular flexibility index (Phi) is 5.03. The van der Waals surface area contributed by atoms with Crippen LogP contribution < -0.4 is 16.0 Å². The molecule has 4 rings (SSSR count). The summed E-state index contributed by atoms with van der Waals surface area (Å²) in [4.78, 5) is 10.7. The maximum absolute atomic E-state index is 9.87. The number of pyridine rings is 2. The highest BCUT2D eigenvalue weighted by molar-refractivity contribution is 5.73. The van der Waals surface area contributed by atoms with Gasteiger partial charge in [0.25, 0.3) is 0 Å². The van der Waals surface area contributed by atoms with E-state index >= 15 is 0 Å². The van der Waals surface area contributed by atoms with Crippen molar-refractivity contribution in [2.75, 3.05) is 24.5 Å². The third-order valence-electron chi connectivity index (χ3n) is 5.56. The van der Waals surface area contributed by atoms with Crippen molar-refractivity contribution in [2.45, 2.75) is 38.0 Å². The monoisotopic (exact) mass is 364 g/mol. The number of aliphatic hydroxyl groups is 1. The fourth-order valence-electron chi connectivity index (χ4n) is 4.16. The molecule has 0 amide bonds. The summed E-state index contributed by atoms with van der Waals surface area (Å²) in [5.41, 5.74) is 10.2. The molecule has 2 aromatic heterocycles. The fourth-order valence-corrected chi connectivity index (χ4v) is 4.16. The Hall–Kier alpha value is -2.53. The van der Waals surface area contributed by atoms with Crippen molar-refractivity contribution in [3.63, 3.8) is 0 Å². The molecule has 27 heavy (non-hydrogen) atoms. The van der Waals surface area contributed by atoms with Crippen molar-refractivity contribution in [3.05, 3.63) is 41.3 Å². The minimum atomic E-state index is -1.05. The molecule has 0 aromatic carbocycles. The normalized spacial score (nSPS) is 18.6. The molecule has 7 nitrogen and oxygen atoms in total. The van der Waals surface area contributed by atoms with E-state index in [-0.39, 0.29) is 0 Å². The molecule has 2 aromatic rings. The van der Waals surface area contributed by atoms with Crippen LogP contribution in [0.25, 0.3) is 11.1 Å². The Morgan fingerprint density at radius 2 is 2.11 bits per heavy atom. The molecule has 0 saturated carbocycles. The number of aliphatic hydroxyl groups excluding tert-OH is 1. The minimum absolute atomic E-state index is 0.363. The summed E-state index contributed by atoms with van der Waals surface area (Å²) in [6.45, 7) is 2.63. The van der Waals surface area contributed by atoms with Crippen LogP contribution in [0.5, 0.6) is 0 Å². The van der Waals surface area contributed by atoms with Crippen LogP contribution in [0.1, 0.15) is 41.9 Å². The summed E-state index contributed by atoms with van der Waals surface area (Å²) in [7, 11) is 0. The van der Waals surface area contributed by atoms with E-state index in [1.165, 1.54) is 0 Å². The van der Waals surface area contributed by atoms with Crippen LogP contribution >= 0.6 is 0 Å². The number of piperidine rings is 1. The Bertz CT molecular complexity index is 869.